The summed E-state index contributed by atoms with van der Waals surface area (Å²) in [5.41, 5.74) is 3.26. The minimum Gasteiger partial charge on any atom is -0.393 e. The second kappa shape index (κ2) is 7.46. The van der Waals surface area contributed by atoms with Crippen LogP contribution in [0.4, 0.5) is 0 Å². The normalized spacial score (nSPS) is 51.9. The zero-order chi connectivity index (χ0) is 21.3. The molecule has 0 amide bonds. The topological polar surface area (TPSA) is 52.5 Å². The van der Waals surface area contributed by atoms with Gasteiger partial charge >= 0.3 is 0 Å². The Morgan fingerprint density at radius 3 is 2.63 bits per heavy atom. The van der Waals surface area contributed by atoms with Crippen molar-refractivity contribution in [1.29, 1.82) is 0 Å². The van der Waals surface area contributed by atoms with E-state index in [1.807, 2.05) is 0 Å². The Kier molecular flexibility index (Phi) is 5.27. The molecule has 3 N–H and O–H groups in total. The number of allylic oxidation sites excluding steroid dienone is 2. The average molecular weight is 414 g/mol. The molecule has 4 aliphatic carbocycles. The molecule has 1 saturated heterocycles. The third kappa shape index (κ3) is 3.02. The van der Waals surface area contributed by atoms with Gasteiger partial charge in [-0.05, 0) is 92.9 Å². The molecule has 0 spiro atoms. The SMILES string of the molecule is C[C@H]1CC[C@@H]([C@@H](C)[C@]2(C)C3=CC[C@H]4[C@@H](CC=C5C[C@@H](O)CC[C@@]54C)[C@@H]3C[C@@H]2O)NC1. The van der Waals surface area contributed by atoms with Crippen molar-refractivity contribution in [2.75, 3.05) is 6.54 Å². The third-order valence-corrected chi connectivity index (χ3v) is 10.7. The summed E-state index contributed by atoms with van der Waals surface area (Å²) in [6.45, 7) is 10.7. The first-order valence-corrected chi connectivity index (χ1v) is 12.7. The van der Waals surface area contributed by atoms with E-state index in [4.69, 9.17) is 0 Å². The van der Waals surface area contributed by atoms with E-state index in [9.17, 15) is 10.2 Å². The summed E-state index contributed by atoms with van der Waals surface area (Å²) in [7, 11) is 0. The first-order valence-electron chi connectivity index (χ1n) is 12.7. The first-order chi connectivity index (χ1) is 14.2. The number of aliphatic hydroxyl groups excluding tert-OH is 2. The predicted octanol–water partition coefficient (Wildman–Crippen LogP) is 4.84. The number of rotatable bonds is 2. The zero-order valence-corrected chi connectivity index (χ0v) is 19.5. The molecule has 0 aromatic heterocycles. The van der Waals surface area contributed by atoms with E-state index in [2.05, 4.69) is 45.2 Å². The predicted molar refractivity (Wildman–Crippen MR) is 122 cm³/mol. The fraction of sp³-hybridized carbons (Fsp3) is 0.852. The molecular weight excluding hydrogens is 370 g/mol. The highest BCUT2D eigenvalue weighted by atomic mass is 16.3. The molecule has 5 aliphatic rings. The van der Waals surface area contributed by atoms with E-state index >= 15 is 0 Å². The molecule has 10 atom stereocenters. The molecule has 1 heterocycles. The standard InChI is InChI=1S/C27H43NO2/c1-16-5-10-24(28-15-16)17(2)27(4)23-9-8-22-20(21(23)14-25(27)30)7-6-18-13-19(29)11-12-26(18,22)3/h6,9,16-17,19-22,24-25,28-30H,5,7-8,10-15H2,1-4H3/t16-,17+,19-,20-,21-,22-,24-,25-,26-,27+/m0/s1. The van der Waals surface area contributed by atoms with E-state index in [1.54, 1.807) is 5.57 Å². The lowest BCUT2D eigenvalue weighted by Gasteiger charge is -2.54. The highest BCUT2D eigenvalue weighted by Gasteiger charge is 2.58. The molecule has 0 bridgehead atoms. The van der Waals surface area contributed by atoms with Crippen molar-refractivity contribution in [3.63, 3.8) is 0 Å². The van der Waals surface area contributed by atoms with Crippen LogP contribution in [-0.2, 0) is 0 Å². The fourth-order valence-corrected chi connectivity index (χ4v) is 8.42. The van der Waals surface area contributed by atoms with Gasteiger partial charge in [0.2, 0.25) is 0 Å². The van der Waals surface area contributed by atoms with E-state index < -0.39 is 0 Å². The molecule has 5 rings (SSSR count). The quantitative estimate of drug-likeness (QED) is 0.568. The second-order valence-corrected chi connectivity index (χ2v) is 12.1. The highest BCUT2D eigenvalue weighted by Crippen LogP contribution is 2.64. The van der Waals surface area contributed by atoms with Crippen LogP contribution in [0.15, 0.2) is 23.3 Å². The fourth-order valence-electron chi connectivity index (χ4n) is 8.42. The van der Waals surface area contributed by atoms with Crippen LogP contribution in [0, 0.1) is 40.4 Å². The molecule has 3 nitrogen and oxygen atoms in total. The van der Waals surface area contributed by atoms with Gasteiger partial charge in [0.15, 0.2) is 0 Å². The number of aliphatic hydroxyl groups is 2. The maximum absolute atomic E-state index is 11.4. The van der Waals surface area contributed by atoms with Crippen molar-refractivity contribution in [2.45, 2.75) is 97.3 Å². The molecule has 1 aliphatic heterocycles. The van der Waals surface area contributed by atoms with Crippen LogP contribution in [0.1, 0.15) is 79.1 Å². The van der Waals surface area contributed by atoms with Gasteiger partial charge in [0, 0.05) is 11.5 Å². The zero-order valence-electron chi connectivity index (χ0n) is 19.5. The van der Waals surface area contributed by atoms with Crippen molar-refractivity contribution < 1.29 is 10.2 Å². The maximum Gasteiger partial charge on any atom is 0.0639 e. The monoisotopic (exact) mass is 413 g/mol. The van der Waals surface area contributed by atoms with Gasteiger partial charge < -0.3 is 15.5 Å². The third-order valence-electron chi connectivity index (χ3n) is 10.7. The van der Waals surface area contributed by atoms with Gasteiger partial charge in [-0.25, -0.2) is 0 Å². The van der Waals surface area contributed by atoms with Crippen molar-refractivity contribution >= 4 is 0 Å². The van der Waals surface area contributed by atoms with Gasteiger partial charge in [-0.2, -0.15) is 0 Å². The van der Waals surface area contributed by atoms with Crippen molar-refractivity contribution in [3.05, 3.63) is 23.3 Å². The van der Waals surface area contributed by atoms with Gasteiger partial charge in [0.25, 0.3) is 0 Å². The summed E-state index contributed by atoms with van der Waals surface area (Å²) in [5, 5.41) is 25.5. The summed E-state index contributed by atoms with van der Waals surface area (Å²) < 4.78 is 0. The van der Waals surface area contributed by atoms with Crippen LogP contribution >= 0.6 is 0 Å². The largest absolute Gasteiger partial charge is 0.393 e. The summed E-state index contributed by atoms with van der Waals surface area (Å²) in [4.78, 5) is 0. The molecular formula is C27H43NO2. The minimum atomic E-state index is -0.227. The number of hydrogen-bond donors (Lipinski definition) is 3. The average Bonchev–Trinajstić information content (AvgIpc) is 3.00. The summed E-state index contributed by atoms with van der Waals surface area (Å²) in [5.74, 6) is 3.11. The molecule has 0 aromatic carbocycles. The summed E-state index contributed by atoms with van der Waals surface area (Å²) in [6, 6.07) is 0.522. The lowest BCUT2D eigenvalue weighted by molar-refractivity contribution is 0.0253. The van der Waals surface area contributed by atoms with Crippen LogP contribution in [0.25, 0.3) is 0 Å². The number of fused-ring (bicyclic) bond motifs is 5. The van der Waals surface area contributed by atoms with Crippen LogP contribution < -0.4 is 5.32 Å². The van der Waals surface area contributed by atoms with E-state index in [-0.39, 0.29) is 23.0 Å². The Hall–Kier alpha value is -0.640. The lowest BCUT2D eigenvalue weighted by Crippen LogP contribution is -2.50. The minimum absolute atomic E-state index is 0.0957. The molecule has 0 aromatic rings. The van der Waals surface area contributed by atoms with E-state index in [0.29, 0.717) is 29.7 Å². The van der Waals surface area contributed by atoms with Crippen molar-refractivity contribution in [1.82, 2.24) is 5.32 Å². The Labute approximate surface area is 183 Å². The number of piperidine rings is 1. The first kappa shape index (κ1) is 21.2. The van der Waals surface area contributed by atoms with Crippen molar-refractivity contribution in [3.8, 4) is 0 Å². The van der Waals surface area contributed by atoms with Gasteiger partial charge in [0.1, 0.15) is 0 Å². The molecule has 30 heavy (non-hydrogen) atoms. The van der Waals surface area contributed by atoms with Crippen LogP contribution in [0.3, 0.4) is 0 Å². The highest BCUT2D eigenvalue weighted by molar-refractivity contribution is 5.34. The molecule has 2 saturated carbocycles. The Morgan fingerprint density at radius 2 is 1.90 bits per heavy atom. The molecule has 0 radical (unpaired) electrons. The van der Waals surface area contributed by atoms with Gasteiger partial charge in [-0.15, -0.1) is 0 Å². The van der Waals surface area contributed by atoms with Gasteiger partial charge in [0.05, 0.1) is 12.2 Å². The van der Waals surface area contributed by atoms with Crippen LogP contribution in [-0.4, -0.2) is 35.0 Å². The van der Waals surface area contributed by atoms with Crippen LogP contribution in [0.2, 0.25) is 0 Å². The smallest absolute Gasteiger partial charge is 0.0639 e. The lowest BCUT2D eigenvalue weighted by atomic mass is 9.51. The Balaban J connectivity index is 1.42. The van der Waals surface area contributed by atoms with E-state index in [0.717, 1.165) is 51.0 Å². The summed E-state index contributed by atoms with van der Waals surface area (Å²) in [6.07, 6.45) is 13.4. The number of hydrogen-bond acceptors (Lipinski definition) is 3. The molecule has 0 unspecified atom stereocenters. The van der Waals surface area contributed by atoms with Crippen LogP contribution in [0.5, 0.6) is 0 Å². The maximum atomic E-state index is 11.4. The van der Waals surface area contributed by atoms with Gasteiger partial charge in [-0.1, -0.05) is 51.0 Å². The van der Waals surface area contributed by atoms with Crippen molar-refractivity contribution in [2.24, 2.45) is 40.4 Å². The Bertz CT molecular complexity index is 735. The number of nitrogens with one attached hydrogen (secondary N) is 1. The molecule has 3 fully saturated rings. The Morgan fingerprint density at radius 1 is 1.10 bits per heavy atom. The summed E-state index contributed by atoms with van der Waals surface area (Å²) >= 11 is 0. The second-order valence-electron chi connectivity index (χ2n) is 12.1. The van der Waals surface area contributed by atoms with Gasteiger partial charge in [-0.3, -0.25) is 0 Å². The van der Waals surface area contributed by atoms with E-state index in [1.165, 1.54) is 18.4 Å². The molecule has 3 heteroatoms. The molecule has 168 valence electrons.